The van der Waals surface area contributed by atoms with Gasteiger partial charge in [-0.15, -0.1) is 0 Å². The van der Waals surface area contributed by atoms with Crippen molar-refractivity contribution in [1.82, 2.24) is 9.78 Å². The van der Waals surface area contributed by atoms with Crippen LogP contribution in [0.2, 0.25) is 0 Å². The normalized spacial score (nSPS) is 12.6. The van der Waals surface area contributed by atoms with E-state index < -0.39 is 4.92 Å². The minimum absolute atomic E-state index is 0.0653. The molecule has 0 radical (unpaired) electrons. The van der Waals surface area contributed by atoms with Crippen LogP contribution in [0.3, 0.4) is 0 Å². The third-order valence-corrected chi connectivity index (χ3v) is 4.89. The smallest absolute Gasteiger partial charge is 0.273 e. The van der Waals surface area contributed by atoms with Crippen molar-refractivity contribution in [1.29, 1.82) is 0 Å². The van der Waals surface area contributed by atoms with Crippen molar-refractivity contribution in [2.24, 2.45) is 0 Å². The van der Waals surface area contributed by atoms with Gasteiger partial charge in [0, 0.05) is 22.8 Å². The fraction of sp³-hybridized carbons (Fsp3) is 0.200. The van der Waals surface area contributed by atoms with Crippen LogP contribution in [0, 0.1) is 17.0 Å². The van der Waals surface area contributed by atoms with Gasteiger partial charge in [0.15, 0.2) is 0 Å². The number of amides is 1. The summed E-state index contributed by atoms with van der Waals surface area (Å²) in [7, 11) is 0. The average molecular weight is 362 g/mol. The summed E-state index contributed by atoms with van der Waals surface area (Å²) in [5.41, 5.74) is 3.46. The van der Waals surface area contributed by atoms with Crippen molar-refractivity contribution >= 4 is 17.4 Å². The van der Waals surface area contributed by atoms with Crippen LogP contribution >= 0.6 is 0 Å². The summed E-state index contributed by atoms with van der Waals surface area (Å²) >= 11 is 0. The fourth-order valence-electron chi connectivity index (χ4n) is 3.52. The van der Waals surface area contributed by atoms with E-state index in [2.05, 4.69) is 10.4 Å². The van der Waals surface area contributed by atoms with Crippen LogP contribution < -0.4 is 5.32 Å². The van der Waals surface area contributed by atoms with Crippen molar-refractivity contribution in [3.63, 3.8) is 0 Å². The Morgan fingerprint density at radius 3 is 2.67 bits per heavy atom. The summed E-state index contributed by atoms with van der Waals surface area (Å²) in [5, 5.41) is 18.8. The molecule has 7 nitrogen and oxygen atoms in total. The van der Waals surface area contributed by atoms with Crippen LogP contribution in [-0.4, -0.2) is 20.6 Å². The molecule has 0 spiro atoms. The van der Waals surface area contributed by atoms with E-state index in [1.807, 2.05) is 30.3 Å². The molecule has 1 aliphatic rings. The van der Waals surface area contributed by atoms with Crippen molar-refractivity contribution < 1.29 is 9.72 Å². The second-order valence-corrected chi connectivity index (χ2v) is 6.54. The Bertz CT molecular complexity index is 1040. The van der Waals surface area contributed by atoms with Crippen LogP contribution in [-0.2, 0) is 12.8 Å². The first-order chi connectivity index (χ1) is 13.1. The number of nitro groups is 1. The number of carbonyl (C=O) groups is 1. The number of nitro benzene ring substituents is 1. The molecule has 0 saturated heterocycles. The number of rotatable bonds is 4. The zero-order valence-corrected chi connectivity index (χ0v) is 14.8. The highest BCUT2D eigenvalue weighted by atomic mass is 16.6. The zero-order valence-electron chi connectivity index (χ0n) is 14.8. The Morgan fingerprint density at radius 2 is 1.93 bits per heavy atom. The second-order valence-electron chi connectivity index (χ2n) is 6.54. The average Bonchev–Trinajstić information content (AvgIpc) is 3.25. The summed E-state index contributed by atoms with van der Waals surface area (Å²) in [6.45, 7) is 1.59. The molecule has 1 N–H and O–H groups in total. The van der Waals surface area contributed by atoms with Gasteiger partial charge in [0.1, 0.15) is 5.82 Å². The highest BCUT2D eigenvalue weighted by Gasteiger charge is 2.26. The second kappa shape index (κ2) is 6.68. The molecule has 0 saturated carbocycles. The van der Waals surface area contributed by atoms with E-state index in [0.717, 1.165) is 36.2 Å². The molecular formula is C20H18N4O3. The lowest BCUT2D eigenvalue weighted by atomic mass is 10.1. The summed E-state index contributed by atoms with van der Waals surface area (Å²) < 4.78 is 1.74. The molecule has 1 aliphatic carbocycles. The molecule has 0 bridgehead atoms. The van der Waals surface area contributed by atoms with Gasteiger partial charge in [0.25, 0.3) is 11.6 Å². The van der Waals surface area contributed by atoms with Gasteiger partial charge in [-0.2, -0.15) is 5.10 Å². The van der Waals surface area contributed by atoms with Crippen LogP contribution in [0.4, 0.5) is 11.5 Å². The molecule has 3 aromatic rings. The molecule has 0 unspecified atom stereocenters. The number of hydrogen-bond acceptors (Lipinski definition) is 4. The van der Waals surface area contributed by atoms with E-state index in [0.29, 0.717) is 11.4 Å². The van der Waals surface area contributed by atoms with Gasteiger partial charge in [-0.3, -0.25) is 14.9 Å². The molecule has 4 rings (SSSR count). The van der Waals surface area contributed by atoms with Crippen molar-refractivity contribution in [3.05, 3.63) is 81.0 Å². The maximum absolute atomic E-state index is 12.9. The van der Waals surface area contributed by atoms with Gasteiger partial charge in [0.05, 0.1) is 16.3 Å². The zero-order chi connectivity index (χ0) is 19.0. The van der Waals surface area contributed by atoms with E-state index in [-0.39, 0.29) is 17.2 Å². The summed E-state index contributed by atoms with van der Waals surface area (Å²) in [5.74, 6) is 0.271. The number of aromatic nitrogens is 2. The third-order valence-electron chi connectivity index (χ3n) is 4.89. The Balaban J connectivity index is 1.74. The number of para-hydroxylation sites is 1. The van der Waals surface area contributed by atoms with Gasteiger partial charge < -0.3 is 5.32 Å². The summed E-state index contributed by atoms with van der Waals surface area (Å²) in [6.07, 6.45) is 2.74. The maximum atomic E-state index is 12.9. The Hall–Kier alpha value is -3.48. The molecule has 27 heavy (non-hydrogen) atoms. The number of nitrogens with zero attached hydrogens (tertiary/aromatic N) is 3. The Labute approximate surface area is 155 Å². The number of aryl methyl sites for hydroxylation is 1. The minimum Gasteiger partial charge on any atom is -0.306 e. The predicted molar refractivity (Wildman–Crippen MR) is 101 cm³/mol. The summed E-state index contributed by atoms with van der Waals surface area (Å²) in [4.78, 5) is 23.6. The van der Waals surface area contributed by atoms with Crippen LogP contribution in [0.25, 0.3) is 5.69 Å². The van der Waals surface area contributed by atoms with Gasteiger partial charge in [-0.1, -0.05) is 24.3 Å². The first-order valence-electron chi connectivity index (χ1n) is 8.78. The molecular weight excluding hydrogens is 344 g/mol. The fourth-order valence-corrected chi connectivity index (χ4v) is 3.52. The van der Waals surface area contributed by atoms with E-state index in [1.165, 1.54) is 12.1 Å². The SMILES string of the molecule is Cc1c(C(=O)Nc2c3c(nn2-c2ccccc2)CCC3)cccc1[N+](=O)[O-]. The molecule has 0 atom stereocenters. The van der Waals surface area contributed by atoms with Gasteiger partial charge in [-0.05, 0) is 44.4 Å². The van der Waals surface area contributed by atoms with E-state index >= 15 is 0 Å². The standard InChI is InChI=1S/C20H18N4O3/c1-13-15(9-6-12-18(13)24(26)27)20(25)21-19-16-10-5-11-17(16)22-23(19)14-7-3-2-4-8-14/h2-4,6-9,12H,5,10-11H2,1H3,(H,21,25). The van der Waals surface area contributed by atoms with Gasteiger partial charge in [0.2, 0.25) is 0 Å². The molecule has 1 heterocycles. The third kappa shape index (κ3) is 2.97. The highest BCUT2D eigenvalue weighted by Crippen LogP contribution is 2.31. The number of carbonyl (C=O) groups excluding carboxylic acids is 1. The Kier molecular flexibility index (Phi) is 4.19. The van der Waals surface area contributed by atoms with Crippen LogP contribution in [0.15, 0.2) is 48.5 Å². The predicted octanol–water partition coefficient (Wildman–Crippen LogP) is 3.83. The number of benzene rings is 2. The maximum Gasteiger partial charge on any atom is 0.273 e. The van der Waals surface area contributed by atoms with E-state index in [1.54, 1.807) is 17.7 Å². The van der Waals surface area contributed by atoms with Crippen molar-refractivity contribution in [3.8, 4) is 5.69 Å². The molecule has 1 amide bonds. The largest absolute Gasteiger partial charge is 0.306 e. The molecule has 1 aromatic heterocycles. The number of fused-ring (bicyclic) bond motifs is 1. The first kappa shape index (κ1) is 17.0. The summed E-state index contributed by atoms with van der Waals surface area (Å²) in [6, 6.07) is 14.1. The molecule has 0 aliphatic heterocycles. The van der Waals surface area contributed by atoms with Crippen molar-refractivity contribution in [2.75, 3.05) is 5.32 Å². The van der Waals surface area contributed by atoms with E-state index in [4.69, 9.17) is 0 Å². The van der Waals surface area contributed by atoms with Crippen molar-refractivity contribution in [2.45, 2.75) is 26.2 Å². The van der Waals surface area contributed by atoms with Gasteiger partial charge in [-0.25, -0.2) is 4.68 Å². The number of hydrogen-bond donors (Lipinski definition) is 1. The Morgan fingerprint density at radius 1 is 1.15 bits per heavy atom. The minimum atomic E-state index is -0.474. The van der Waals surface area contributed by atoms with Crippen LogP contribution in [0.5, 0.6) is 0 Å². The van der Waals surface area contributed by atoms with Crippen LogP contribution in [0.1, 0.15) is 33.6 Å². The monoisotopic (exact) mass is 362 g/mol. The number of nitrogens with one attached hydrogen (secondary N) is 1. The lowest BCUT2D eigenvalue weighted by Gasteiger charge is -2.12. The lowest BCUT2D eigenvalue weighted by Crippen LogP contribution is -2.17. The molecule has 136 valence electrons. The lowest BCUT2D eigenvalue weighted by molar-refractivity contribution is -0.385. The molecule has 7 heteroatoms. The van der Waals surface area contributed by atoms with Gasteiger partial charge >= 0.3 is 0 Å². The topological polar surface area (TPSA) is 90.1 Å². The molecule has 0 fully saturated rings. The first-order valence-corrected chi connectivity index (χ1v) is 8.78. The molecule has 2 aromatic carbocycles. The number of anilines is 1. The quantitative estimate of drug-likeness (QED) is 0.564. The highest BCUT2D eigenvalue weighted by molar-refractivity contribution is 6.06. The van der Waals surface area contributed by atoms with E-state index in [9.17, 15) is 14.9 Å².